The highest BCUT2D eigenvalue weighted by molar-refractivity contribution is 5.13. The third kappa shape index (κ3) is 3.75. The molecule has 0 aromatic heterocycles. The number of hydrogen-bond donors (Lipinski definition) is 1. The fraction of sp³-hybridized carbons (Fsp3) is 0.273. The van der Waals surface area contributed by atoms with Gasteiger partial charge in [-0.25, -0.2) is 0 Å². The molecule has 1 N–H and O–H groups in total. The van der Waals surface area contributed by atoms with Crippen LogP contribution in [0.3, 0.4) is 0 Å². The Hall–Kier alpha value is -1.30. The van der Waals surface area contributed by atoms with Crippen LogP contribution in [0.4, 0.5) is 0 Å². The summed E-state index contributed by atoms with van der Waals surface area (Å²) in [5, 5.41) is 8.97. The molecule has 0 aliphatic heterocycles. The lowest BCUT2D eigenvalue weighted by Gasteiger charge is -2.05. The Morgan fingerprint density at radius 1 is 1.38 bits per heavy atom. The van der Waals surface area contributed by atoms with Crippen LogP contribution in [0.5, 0.6) is 0 Å². The van der Waals surface area contributed by atoms with Gasteiger partial charge in [0.2, 0.25) is 0 Å². The van der Waals surface area contributed by atoms with Crippen LogP contribution in [0.15, 0.2) is 30.3 Å². The van der Waals surface area contributed by atoms with Crippen molar-refractivity contribution in [2.24, 2.45) is 0 Å². The first-order chi connectivity index (χ1) is 6.33. The highest BCUT2D eigenvalue weighted by Gasteiger charge is 1.98. The van der Waals surface area contributed by atoms with Crippen LogP contribution in [-0.2, 0) is 11.3 Å². The first-order valence-electron chi connectivity index (χ1n) is 4.09. The van der Waals surface area contributed by atoms with Crippen LogP contribution in [-0.4, -0.2) is 17.8 Å². The van der Waals surface area contributed by atoms with E-state index in [4.69, 9.17) is 16.3 Å². The van der Waals surface area contributed by atoms with Gasteiger partial charge < -0.3 is 9.84 Å². The van der Waals surface area contributed by atoms with E-state index in [1.807, 2.05) is 30.3 Å². The maximum absolute atomic E-state index is 8.97. The maximum atomic E-state index is 8.97. The molecule has 2 nitrogen and oxygen atoms in total. The molecule has 0 bridgehead atoms. The number of ether oxygens (including phenoxy) is 1. The molecule has 1 aromatic carbocycles. The van der Waals surface area contributed by atoms with E-state index in [1.54, 1.807) is 0 Å². The number of aliphatic hydroxyl groups is 1. The SMILES string of the molecule is C#CC(O)COCc1ccccc1. The fourth-order valence-electron chi connectivity index (χ4n) is 0.911. The summed E-state index contributed by atoms with van der Waals surface area (Å²) in [5.41, 5.74) is 1.08. The van der Waals surface area contributed by atoms with Gasteiger partial charge in [0.05, 0.1) is 13.2 Å². The summed E-state index contributed by atoms with van der Waals surface area (Å²) in [6, 6.07) is 9.75. The van der Waals surface area contributed by atoms with Crippen LogP contribution in [0, 0.1) is 12.3 Å². The predicted molar refractivity (Wildman–Crippen MR) is 50.9 cm³/mol. The van der Waals surface area contributed by atoms with Crippen molar-refractivity contribution in [2.45, 2.75) is 12.7 Å². The molecule has 2 heteroatoms. The van der Waals surface area contributed by atoms with Gasteiger partial charge in [-0.15, -0.1) is 6.42 Å². The third-order valence-corrected chi connectivity index (χ3v) is 1.58. The summed E-state index contributed by atoms with van der Waals surface area (Å²) in [7, 11) is 0. The Balaban J connectivity index is 2.25. The van der Waals surface area contributed by atoms with Gasteiger partial charge in [0.15, 0.2) is 0 Å². The maximum Gasteiger partial charge on any atom is 0.137 e. The van der Waals surface area contributed by atoms with Crippen molar-refractivity contribution in [3.05, 3.63) is 35.9 Å². The molecule has 0 radical (unpaired) electrons. The largest absolute Gasteiger partial charge is 0.378 e. The van der Waals surface area contributed by atoms with Gasteiger partial charge in [-0.1, -0.05) is 36.3 Å². The molecule has 0 heterocycles. The van der Waals surface area contributed by atoms with Gasteiger partial charge >= 0.3 is 0 Å². The molecule has 1 aromatic rings. The summed E-state index contributed by atoms with van der Waals surface area (Å²) < 4.78 is 5.18. The Bertz CT molecular complexity index is 274. The van der Waals surface area contributed by atoms with Crippen molar-refractivity contribution in [2.75, 3.05) is 6.61 Å². The highest BCUT2D eigenvalue weighted by Crippen LogP contribution is 2.00. The van der Waals surface area contributed by atoms with Crippen molar-refractivity contribution >= 4 is 0 Å². The molecule has 0 aliphatic carbocycles. The van der Waals surface area contributed by atoms with E-state index < -0.39 is 6.10 Å². The van der Waals surface area contributed by atoms with Gasteiger partial charge in [-0.3, -0.25) is 0 Å². The number of benzene rings is 1. The Morgan fingerprint density at radius 3 is 2.69 bits per heavy atom. The number of rotatable bonds is 4. The molecule has 0 fully saturated rings. The zero-order valence-corrected chi connectivity index (χ0v) is 7.31. The lowest BCUT2D eigenvalue weighted by atomic mass is 10.2. The normalized spacial score (nSPS) is 12.0. The summed E-state index contributed by atoms with van der Waals surface area (Å²) in [6.45, 7) is 0.672. The smallest absolute Gasteiger partial charge is 0.137 e. The van der Waals surface area contributed by atoms with E-state index in [0.29, 0.717) is 6.61 Å². The monoisotopic (exact) mass is 176 g/mol. The summed E-state index contributed by atoms with van der Waals surface area (Å²) >= 11 is 0. The van der Waals surface area contributed by atoms with Gasteiger partial charge in [-0.05, 0) is 5.56 Å². The van der Waals surface area contributed by atoms with E-state index in [0.717, 1.165) is 5.56 Å². The van der Waals surface area contributed by atoms with Crippen LogP contribution in [0.1, 0.15) is 5.56 Å². The van der Waals surface area contributed by atoms with Gasteiger partial charge in [-0.2, -0.15) is 0 Å². The van der Waals surface area contributed by atoms with Crippen LogP contribution < -0.4 is 0 Å². The summed E-state index contributed by atoms with van der Waals surface area (Å²) in [5.74, 6) is 2.18. The second-order valence-electron chi connectivity index (χ2n) is 2.68. The Kier molecular flexibility index (Phi) is 4.04. The molecular weight excluding hydrogens is 164 g/mol. The average molecular weight is 176 g/mol. The number of terminal acetylenes is 1. The fourth-order valence-corrected chi connectivity index (χ4v) is 0.911. The summed E-state index contributed by atoms with van der Waals surface area (Å²) in [4.78, 5) is 0. The molecule has 0 amide bonds. The zero-order valence-electron chi connectivity index (χ0n) is 7.31. The minimum atomic E-state index is -0.802. The minimum Gasteiger partial charge on any atom is -0.378 e. The average Bonchev–Trinajstić information content (AvgIpc) is 2.19. The molecule has 0 saturated heterocycles. The first-order valence-corrected chi connectivity index (χ1v) is 4.09. The molecule has 0 spiro atoms. The van der Waals surface area contributed by atoms with E-state index in [-0.39, 0.29) is 6.61 Å². The standard InChI is InChI=1S/C11H12O2/c1-2-11(12)9-13-8-10-6-4-3-5-7-10/h1,3-7,11-12H,8-9H2. The van der Waals surface area contributed by atoms with E-state index in [2.05, 4.69) is 5.92 Å². The quantitative estimate of drug-likeness (QED) is 0.698. The first kappa shape index (κ1) is 9.79. The second-order valence-corrected chi connectivity index (χ2v) is 2.68. The second kappa shape index (κ2) is 5.36. The highest BCUT2D eigenvalue weighted by atomic mass is 16.5. The van der Waals surface area contributed by atoms with E-state index in [1.165, 1.54) is 0 Å². The molecule has 0 aliphatic rings. The molecule has 0 saturated carbocycles. The van der Waals surface area contributed by atoms with E-state index >= 15 is 0 Å². The van der Waals surface area contributed by atoms with Crippen molar-refractivity contribution in [3.63, 3.8) is 0 Å². The zero-order chi connectivity index (χ0) is 9.52. The number of aliphatic hydroxyl groups excluding tert-OH is 1. The Labute approximate surface area is 78.2 Å². The third-order valence-electron chi connectivity index (χ3n) is 1.58. The van der Waals surface area contributed by atoms with Gasteiger partial charge in [0.25, 0.3) is 0 Å². The van der Waals surface area contributed by atoms with Gasteiger partial charge in [0, 0.05) is 0 Å². The lowest BCUT2D eigenvalue weighted by molar-refractivity contribution is 0.0544. The molecule has 1 atom stereocenters. The minimum absolute atomic E-state index is 0.186. The topological polar surface area (TPSA) is 29.5 Å². The van der Waals surface area contributed by atoms with Crippen molar-refractivity contribution in [1.82, 2.24) is 0 Å². The lowest BCUT2D eigenvalue weighted by Crippen LogP contribution is -2.12. The van der Waals surface area contributed by atoms with Crippen LogP contribution in [0.2, 0.25) is 0 Å². The molecule has 13 heavy (non-hydrogen) atoms. The molecule has 68 valence electrons. The van der Waals surface area contributed by atoms with Crippen molar-refractivity contribution < 1.29 is 9.84 Å². The van der Waals surface area contributed by atoms with Crippen LogP contribution >= 0.6 is 0 Å². The summed E-state index contributed by atoms with van der Waals surface area (Å²) in [6.07, 6.45) is 4.17. The predicted octanol–water partition coefficient (Wildman–Crippen LogP) is 1.20. The molecular formula is C11H12O2. The molecule has 1 unspecified atom stereocenters. The Morgan fingerprint density at radius 2 is 2.08 bits per heavy atom. The van der Waals surface area contributed by atoms with Crippen LogP contribution in [0.25, 0.3) is 0 Å². The van der Waals surface area contributed by atoms with Crippen molar-refractivity contribution in [3.8, 4) is 12.3 Å². The number of hydrogen-bond acceptors (Lipinski definition) is 2. The molecule has 1 rings (SSSR count). The van der Waals surface area contributed by atoms with Crippen molar-refractivity contribution in [1.29, 1.82) is 0 Å². The van der Waals surface area contributed by atoms with Gasteiger partial charge in [0.1, 0.15) is 6.10 Å². The van der Waals surface area contributed by atoms with E-state index in [9.17, 15) is 0 Å².